The Morgan fingerprint density at radius 1 is 1.38 bits per heavy atom. The fourth-order valence-corrected chi connectivity index (χ4v) is 1.68. The van der Waals surface area contributed by atoms with E-state index in [1.54, 1.807) is 0 Å². The molecule has 0 unspecified atom stereocenters. The Hall–Kier alpha value is -0.730. The smallest absolute Gasteiger partial charge is 0.0462 e. The highest BCUT2D eigenvalue weighted by Gasteiger charge is 2.09. The molecular weight excluding hydrogens is 184 g/mol. The fraction of sp³-hybridized carbons (Fsp3) is 0.400. The highest BCUT2D eigenvalue weighted by Crippen LogP contribution is 2.18. The molecule has 1 aromatic carbocycles. The molecule has 13 heavy (non-hydrogen) atoms. The van der Waals surface area contributed by atoms with Gasteiger partial charge in [-0.15, -0.1) is 0 Å². The Morgan fingerprint density at radius 3 is 2.85 bits per heavy atom. The molecule has 1 aromatic rings. The predicted molar refractivity (Wildman–Crippen MR) is 55.4 cm³/mol. The quantitative estimate of drug-likeness (QED) is 0.732. The van der Waals surface area contributed by atoms with Crippen LogP contribution in [0.25, 0.3) is 0 Å². The van der Waals surface area contributed by atoms with Gasteiger partial charge < -0.3 is 10.2 Å². The number of benzene rings is 1. The van der Waals surface area contributed by atoms with E-state index in [-0.39, 0.29) is 0 Å². The van der Waals surface area contributed by atoms with Crippen molar-refractivity contribution in [3.63, 3.8) is 0 Å². The van der Waals surface area contributed by atoms with Gasteiger partial charge in [0, 0.05) is 43.0 Å². The summed E-state index contributed by atoms with van der Waals surface area (Å²) in [4.78, 5) is 2.29. The van der Waals surface area contributed by atoms with Crippen molar-refractivity contribution in [2.24, 2.45) is 0 Å². The molecule has 0 aromatic heterocycles. The lowest BCUT2D eigenvalue weighted by molar-refractivity contribution is 0.589. The Labute approximate surface area is 83.5 Å². The molecule has 1 N–H and O–H groups in total. The van der Waals surface area contributed by atoms with Gasteiger partial charge in [0.25, 0.3) is 0 Å². The zero-order chi connectivity index (χ0) is 9.10. The van der Waals surface area contributed by atoms with Crippen LogP contribution in [0.1, 0.15) is 0 Å². The molecule has 1 radical (unpaired) electrons. The number of nitrogens with one attached hydrogen (secondary N) is 1. The van der Waals surface area contributed by atoms with E-state index in [2.05, 4.69) is 16.3 Å². The fourth-order valence-electron chi connectivity index (χ4n) is 1.52. The molecular formula is C10H12ClN2. The highest BCUT2D eigenvalue weighted by molar-refractivity contribution is 6.30. The van der Waals surface area contributed by atoms with Crippen LogP contribution >= 0.6 is 11.6 Å². The van der Waals surface area contributed by atoms with Crippen molar-refractivity contribution in [3.8, 4) is 0 Å². The van der Waals surface area contributed by atoms with Gasteiger partial charge in [0.15, 0.2) is 0 Å². The Balaban J connectivity index is 2.14. The molecule has 0 atom stereocenters. The number of anilines is 1. The summed E-state index contributed by atoms with van der Waals surface area (Å²) < 4.78 is 0. The van der Waals surface area contributed by atoms with E-state index in [9.17, 15) is 0 Å². The number of piperazine rings is 1. The van der Waals surface area contributed by atoms with Crippen LogP contribution in [0.3, 0.4) is 0 Å². The maximum absolute atomic E-state index is 5.90. The van der Waals surface area contributed by atoms with Gasteiger partial charge >= 0.3 is 0 Å². The molecule has 1 aliphatic heterocycles. The Kier molecular flexibility index (Phi) is 2.71. The van der Waals surface area contributed by atoms with Crippen LogP contribution in [0, 0.1) is 6.07 Å². The monoisotopic (exact) mass is 195 g/mol. The normalized spacial score (nSPS) is 17.5. The van der Waals surface area contributed by atoms with Crippen LogP contribution < -0.4 is 10.2 Å². The minimum atomic E-state index is 0.785. The average Bonchev–Trinajstić information content (AvgIpc) is 2.19. The number of nitrogens with zero attached hydrogens (tertiary/aromatic N) is 1. The van der Waals surface area contributed by atoms with E-state index < -0.39 is 0 Å². The van der Waals surface area contributed by atoms with E-state index in [1.807, 2.05) is 18.2 Å². The molecule has 2 nitrogen and oxygen atoms in total. The van der Waals surface area contributed by atoms with Gasteiger partial charge in [-0.05, 0) is 12.1 Å². The first-order chi connectivity index (χ1) is 6.36. The molecule has 0 saturated carbocycles. The molecule has 0 bridgehead atoms. The summed E-state index contributed by atoms with van der Waals surface area (Å²) >= 11 is 5.90. The molecule has 1 heterocycles. The van der Waals surface area contributed by atoms with Crippen LogP contribution in [0.15, 0.2) is 18.2 Å². The lowest BCUT2D eigenvalue weighted by Crippen LogP contribution is -2.43. The van der Waals surface area contributed by atoms with Crippen molar-refractivity contribution in [1.82, 2.24) is 5.32 Å². The first-order valence-electron chi connectivity index (χ1n) is 4.49. The predicted octanol–water partition coefficient (Wildman–Crippen LogP) is 1.55. The number of hydrogen-bond acceptors (Lipinski definition) is 2. The Bertz CT molecular complexity index is 282. The summed E-state index contributed by atoms with van der Waals surface area (Å²) in [6.07, 6.45) is 0. The third-order valence-electron chi connectivity index (χ3n) is 2.21. The van der Waals surface area contributed by atoms with Crippen LogP contribution in [-0.4, -0.2) is 26.2 Å². The summed E-state index contributed by atoms with van der Waals surface area (Å²) in [5.74, 6) is 0. The third kappa shape index (κ3) is 2.14. The van der Waals surface area contributed by atoms with Gasteiger partial charge in [-0.1, -0.05) is 17.7 Å². The maximum Gasteiger partial charge on any atom is 0.0462 e. The summed E-state index contributed by atoms with van der Waals surface area (Å²) in [6.45, 7) is 4.16. The van der Waals surface area contributed by atoms with Crippen molar-refractivity contribution < 1.29 is 0 Å². The number of rotatable bonds is 1. The second-order valence-electron chi connectivity index (χ2n) is 3.13. The van der Waals surface area contributed by atoms with E-state index in [1.165, 1.54) is 0 Å². The standard InChI is InChI=1S/C10H12ClN2/c11-9-2-1-3-10(8-9)13-6-4-12-5-7-13/h1-2,8,12H,4-7H2. The van der Waals surface area contributed by atoms with Crippen molar-refractivity contribution in [3.05, 3.63) is 29.3 Å². The van der Waals surface area contributed by atoms with E-state index in [0.717, 1.165) is 36.9 Å². The van der Waals surface area contributed by atoms with Crippen molar-refractivity contribution in [2.45, 2.75) is 0 Å². The zero-order valence-electron chi connectivity index (χ0n) is 7.39. The molecule has 69 valence electrons. The van der Waals surface area contributed by atoms with Gasteiger partial charge in [-0.3, -0.25) is 0 Å². The summed E-state index contributed by atoms with van der Waals surface area (Å²) in [5, 5.41) is 4.10. The lowest BCUT2D eigenvalue weighted by Gasteiger charge is -2.29. The largest absolute Gasteiger partial charge is 0.368 e. The SMILES string of the molecule is Clc1cc[c]c(N2CCNCC2)c1. The average molecular weight is 196 g/mol. The van der Waals surface area contributed by atoms with Crippen LogP contribution in [0.5, 0.6) is 0 Å². The zero-order valence-corrected chi connectivity index (χ0v) is 8.14. The third-order valence-corrected chi connectivity index (χ3v) is 2.44. The van der Waals surface area contributed by atoms with Crippen molar-refractivity contribution in [1.29, 1.82) is 0 Å². The van der Waals surface area contributed by atoms with E-state index in [0.29, 0.717) is 0 Å². The minimum Gasteiger partial charge on any atom is -0.368 e. The number of halogens is 1. The summed E-state index contributed by atoms with van der Waals surface area (Å²) in [6, 6.07) is 8.89. The van der Waals surface area contributed by atoms with Crippen LogP contribution in [0.2, 0.25) is 5.02 Å². The van der Waals surface area contributed by atoms with Gasteiger partial charge in [0.05, 0.1) is 0 Å². The first kappa shape index (κ1) is 8.85. The molecule has 3 heteroatoms. The second-order valence-corrected chi connectivity index (χ2v) is 3.57. The molecule has 0 spiro atoms. The summed E-state index contributed by atoms with van der Waals surface area (Å²) in [7, 11) is 0. The number of hydrogen-bond donors (Lipinski definition) is 1. The lowest BCUT2D eigenvalue weighted by atomic mass is 10.2. The molecule has 0 aliphatic carbocycles. The van der Waals surface area contributed by atoms with Crippen LogP contribution in [-0.2, 0) is 0 Å². The molecule has 1 saturated heterocycles. The van der Waals surface area contributed by atoms with E-state index in [4.69, 9.17) is 11.6 Å². The Morgan fingerprint density at radius 2 is 2.15 bits per heavy atom. The van der Waals surface area contributed by atoms with Gasteiger partial charge in [-0.25, -0.2) is 0 Å². The molecule has 1 aliphatic rings. The first-order valence-corrected chi connectivity index (χ1v) is 4.87. The summed E-state index contributed by atoms with van der Waals surface area (Å²) in [5.41, 5.74) is 1.11. The second kappa shape index (κ2) is 3.99. The van der Waals surface area contributed by atoms with Gasteiger partial charge in [-0.2, -0.15) is 0 Å². The molecule has 2 rings (SSSR count). The van der Waals surface area contributed by atoms with Gasteiger partial charge in [0.2, 0.25) is 0 Å². The van der Waals surface area contributed by atoms with Crippen molar-refractivity contribution >= 4 is 17.3 Å². The van der Waals surface area contributed by atoms with Crippen LogP contribution in [0.4, 0.5) is 5.69 Å². The topological polar surface area (TPSA) is 15.3 Å². The highest BCUT2D eigenvalue weighted by atomic mass is 35.5. The van der Waals surface area contributed by atoms with Crippen molar-refractivity contribution in [2.75, 3.05) is 31.1 Å². The molecule has 0 amide bonds. The molecule has 1 fully saturated rings. The van der Waals surface area contributed by atoms with Gasteiger partial charge in [0.1, 0.15) is 0 Å². The maximum atomic E-state index is 5.90. The minimum absolute atomic E-state index is 0.785. The van der Waals surface area contributed by atoms with E-state index >= 15 is 0 Å².